The lowest BCUT2D eigenvalue weighted by atomic mass is 9.53. The van der Waals surface area contributed by atoms with Crippen molar-refractivity contribution in [1.29, 1.82) is 0 Å². The largest absolute Gasteiger partial charge is 0.514 e. The number of ether oxygens (including phenoxy) is 4. The van der Waals surface area contributed by atoms with Gasteiger partial charge in [0.2, 0.25) is 0 Å². The van der Waals surface area contributed by atoms with Crippen LogP contribution < -0.4 is 20.1 Å². The molecule has 0 radical (unpaired) electrons. The van der Waals surface area contributed by atoms with Gasteiger partial charge in [0.25, 0.3) is 12.6 Å². The summed E-state index contributed by atoms with van der Waals surface area (Å²) in [4.78, 5) is 13.6. The van der Waals surface area contributed by atoms with Crippen LogP contribution in [-0.4, -0.2) is 43.9 Å². The number of carbonyl (C=O) groups excluding carboxylic acids is 1. The van der Waals surface area contributed by atoms with Crippen LogP contribution in [0.15, 0.2) is 36.4 Å². The van der Waals surface area contributed by atoms with Crippen molar-refractivity contribution in [3.05, 3.63) is 58.7 Å². The Labute approximate surface area is 297 Å². The fourth-order valence-corrected chi connectivity index (χ4v) is 12.3. The number of piperidine rings is 2. The van der Waals surface area contributed by atoms with Crippen LogP contribution in [0.1, 0.15) is 125 Å². The minimum atomic E-state index is -0.672. The Morgan fingerprint density at radius 2 is 1.08 bits per heavy atom. The maximum absolute atomic E-state index is 13.6. The highest BCUT2D eigenvalue weighted by atomic mass is 16.8. The summed E-state index contributed by atoms with van der Waals surface area (Å²) < 4.78 is 25.5. The summed E-state index contributed by atoms with van der Waals surface area (Å²) >= 11 is 0. The van der Waals surface area contributed by atoms with Crippen LogP contribution in [0.2, 0.25) is 0 Å². The maximum atomic E-state index is 13.6. The fraction of sp³-hybridized carbons (Fsp3) is 0.698. The van der Waals surface area contributed by atoms with Gasteiger partial charge in [0, 0.05) is 34.7 Å². The minimum absolute atomic E-state index is 0.183. The normalized spacial score (nSPS) is 35.4. The first-order chi connectivity index (χ1) is 24.6. The number of hydrogen-bond donors (Lipinski definition) is 2. The molecule has 268 valence electrons. The number of hydrogen-bond acceptors (Lipinski definition) is 7. The second kappa shape index (κ2) is 12.7. The Morgan fingerprint density at radius 1 is 0.600 bits per heavy atom. The van der Waals surface area contributed by atoms with Crippen LogP contribution in [0.5, 0.6) is 11.5 Å². The van der Waals surface area contributed by atoms with Crippen LogP contribution in [-0.2, 0) is 33.1 Å². The molecule has 0 aromatic heterocycles. The highest BCUT2D eigenvalue weighted by Gasteiger charge is 2.53. The Morgan fingerprint density at radius 3 is 1.52 bits per heavy atom. The lowest BCUT2D eigenvalue weighted by molar-refractivity contribution is -0.155. The summed E-state index contributed by atoms with van der Waals surface area (Å²) in [5, 5.41) is 7.70. The van der Waals surface area contributed by atoms with Crippen LogP contribution in [0.3, 0.4) is 0 Å². The molecule has 7 nitrogen and oxygen atoms in total. The quantitative estimate of drug-likeness (QED) is 0.215. The molecule has 2 N–H and O–H groups in total. The molecule has 7 heteroatoms. The summed E-state index contributed by atoms with van der Waals surface area (Å²) in [5.41, 5.74) is 6.43. The minimum Gasteiger partial charge on any atom is -0.454 e. The van der Waals surface area contributed by atoms with E-state index in [0.29, 0.717) is 23.9 Å². The van der Waals surface area contributed by atoms with E-state index in [2.05, 4.69) is 47.0 Å². The predicted molar refractivity (Wildman–Crippen MR) is 191 cm³/mol. The molecule has 10 rings (SSSR count). The number of carbonyl (C=O) groups is 1. The van der Waals surface area contributed by atoms with Gasteiger partial charge in [-0.15, -0.1) is 0 Å². The van der Waals surface area contributed by atoms with Crippen LogP contribution >= 0.6 is 0 Å². The molecule has 2 aromatic rings. The summed E-state index contributed by atoms with van der Waals surface area (Å²) in [6.07, 6.45) is 19.4. The van der Waals surface area contributed by atoms with Gasteiger partial charge in [-0.1, -0.05) is 50.7 Å². The second-order valence-corrected chi connectivity index (χ2v) is 17.5. The van der Waals surface area contributed by atoms with Crippen molar-refractivity contribution in [1.82, 2.24) is 10.6 Å². The maximum Gasteiger partial charge on any atom is 0.514 e. The number of benzene rings is 2. The van der Waals surface area contributed by atoms with Crippen LogP contribution in [0.4, 0.5) is 4.79 Å². The van der Waals surface area contributed by atoms with E-state index >= 15 is 0 Å². The molecule has 2 saturated heterocycles. The van der Waals surface area contributed by atoms with Crippen molar-refractivity contribution >= 4 is 6.16 Å². The first-order valence-electron chi connectivity index (χ1n) is 20.5. The highest BCUT2D eigenvalue weighted by Crippen LogP contribution is 2.56. The van der Waals surface area contributed by atoms with Crippen molar-refractivity contribution in [2.24, 2.45) is 23.7 Å². The predicted octanol–water partition coefficient (Wildman–Crippen LogP) is 8.24. The average molecular weight is 681 g/mol. The van der Waals surface area contributed by atoms with Crippen molar-refractivity contribution in [2.45, 2.75) is 151 Å². The topological polar surface area (TPSA) is 78.1 Å². The van der Waals surface area contributed by atoms with Gasteiger partial charge >= 0.3 is 6.16 Å². The molecular weight excluding hydrogens is 624 g/mol. The van der Waals surface area contributed by atoms with Gasteiger partial charge in [-0.3, -0.25) is 0 Å². The average Bonchev–Trinajstić information content (AvgIpc) is 3.07. The van der Waals surface area contributed by atoms with Crippen molar-refractivity contribution in [3.8, 4) is 11.5 Å². The lowest BCUT2D eigenvalue weighted by Crippen LogP contribution is -2.59. The molecule has 4 saturated carbocycles. The van der Waals surface area contributed by atoms with E-state index < -0.39 is 18.7 Å². The first-order valence-corrected chi connectivity index (χ1v) is 20.5. The molecule has 2 aromatic carbocycles. The molecule has 4 bridgehead atoms. The molecule has 8 aliphatic rings. The molecular formula is C43H56N2O5. The fourth-order valence-electron chi connectivity index (χ4n) is 12.3. The van der Waals surface area contributed by atoms with E-state index in [1.807, 2.05) is 0 Å². The Balaban J connectivity index is 0.862. The monoisotopic (exact) mass is 680 g/mol. The SMILES string of the molecule is O=C(OC(Oc1ccc2c(c1)[C@@]13CCCC[C@H]1[C@@H](C2)NCC3)C1CCC1)OC(Oc1ccc2c(c1)[C@@]13CCCC[C@H]1[C@@H](C2)NCC3)C1CCC1. The summed E-state index contributed by atoms with van der Waals surface area (Å²) in [6, 6.07) is 14.6. The molecule has 2 aliphatic heterocycles. The van der Waals surface area contributed by atoms with Gasteiger partial charge in [0.1, 0.15) is 11.5 Å². The van der Waals surface area contributed by atoms with Crippen molar-refractivity contribution < 1.29 is 23.7 Å². The van der Waals surface area contributed by atoms with Crippen molar-refractivity contribution in [3.63, 3.8) is 0 Å². The Hall–Kier alpha value is -2.77. The summed E-state index contributed by atoms with van der Waals surface area (Å²) in [6.45, 7) is 2.20. The smallest absolute Gasteiger partial charge is 0.454 e. The number of nitrogens with one attached hydrogen (secondary N) is 2. The van der Waals surface area contributed by atoms with E-state index in [1.165, 1.54) is 86.5 Å². The van der Waals surface area contributed by atoms with Crippen molar-refractivity contribution in [2.75, 3.05) is 13.1 Å². The third kappa shape index (κ3) is 5.30. The zero-order chi connectivity index (χ0) is 33.3. The van der Waals surface area contributed by atoms with E-state index in [1.54, 1.807) is 0 Å². The molecule has 0 amide bonds. The van der Waals surface area contributed by atoms with Gasteiger partial charge in [0.15, 0.2) is 0 Å². The van der Waals surface area contributed by atoms with Gasteiger partial charge in [0.05, 0.1) is 0 Å². The number of rotatable bonds is 8. The summed E-state index contributed by atoms with van der Waals surface area (Å²) in [7, 11) is 0. The molecule has 8 atom stereocenters. The highest BCUT2D eigenvalue weighted by molar-refractivity contribution is 5.60. The first kappa shape index (κ1) is 31.9. The zero-order valence-electron chi connectivity index (χ0n) is 29.8. The number of fused-ring (bicyclic) bond motifs is 2. The van der Waals surface area contributed by atoms with E-state index in [9.17, 15) is 4.79 Å². The molecule has 6 fully saturated rings. The van der Waals surface area contributed by atoms with Gasteiger partial charge in [-0.25, -0.2) is 4.79 Å². The van der Waals surface area contributed by atoms with Gasteiger partial charge < -0.3 is 29.6 Å². The van der Waals surface area contributed by atoms with Gasteiger partial charge in [-0.2, -0.15) is 0 Å². The molecule has 0 spiro atoms. The van der Waals surface area contributed by atoms with Crippen LogP contribution in [0.25, 0.3) is 0 Å². The van der Waals surface area contributed by atoms with Crippen LogP contribution in [0, 0.1) is 23.7 Å². The van der Waals surface area contributed by atoms with Gasteiger partial charge in [-0.05, 0) is 148 Å². The van der Waals surface area contributed by atoms with E-state index in [4.69, 9.17) is 18.9 Å². The third-order valence-corrected chi connectivity index (χ3v) is 15.2. The lowest BCUT2D eigenvalue weighted by Gasteiger charge is -2.56. The second-order valence-electron chi connectivity index (χ2n) is 17.5. The standard InChI is InChI=1S/C43H56N2O5/c46-41(49-39(27-7-5-8-27)47-31-15-13-29-23-37-33-11-1-3-17-42(33,19-21-44-37)35(29)25-31)50-40(28-9-6-10-28)48-32-16-14-30-24-38-34-12-2-4-18-43(34,20-22-45-38)36(30)26-32/h13-16,25-28,33-34,37-40,44-45H,1-12,17-24H2/t33-,34-,37+,38+,39?,40?,42+,43+/m0/s1. The third-order valence-electron chi connectivity index (χ3n) is 15.2. The van der Waals surface area contributed by atoms with E-state index in [0.717, 1.165) is 76.0 Å². The molecule has 6 aliphatic carbocycles. The molecule has 50 heavy (non-hydrogen) atoms. The summed E-state index contributed by atoms with van der Waals surface area (Å²) in [5.74, 6) is 3.43. The Bertz CT molecular complexity index is 1480. The zero-order valence-corrected chi connectivity index (χ0v) is 29.8. The molecule has 2 heterocycles. The molecule has 2 unspecified atom stereocenters. The Kier molecular flexibility index (Phi) is 8.12. The van der Waals surface area contributed by atoms with E-state index in [-0.39, 0.29) is 22.7 Å².